The molecule has 1 saturated heterocycles. The van der Waals surface area contributed by atoms with Crippen LogP contribution in [0.3, 0.4) is 0 Å². The van der Waals surface area contributed by atoms with E-state index in [1.54, 1.807) is 6.07 Å². The summed E-state index contributed by atoms with van der Waals surface area (Å²) in [6.45, 7) is 3.55. The van der Waals surface area contributed by atoms with Gasteiger partial charge in [-0.1, -0.05) is 60.7 Å². The first kappa shape index (κ1) is 20.0. The molecule has 0 saturated carbocycles. The maximum absolute atomic E-state index is 12.5. The number of carbonyl (C=O) groups is 1. The minimum absolute atomic E-state index is 0.0246. The molecule has 1 aliphatic heterocycles. The van der Waals surface area contributed by atoms with Crippen LogP contribution >= 0.6 is 0 Å². The number of hydrogen-bond acceptors (Lipinski definition) is 5. The molecular formula is C25H24O5. The first-order chi connectivity index (χ1) is 14.7. The number of hydrogen-bond donors (Lipinski definition) is 0. The molecule has 1 heterocycles. The topological polar surface area (TPSA) is 57.3 Å². The van der Waals surface area contributed by atoms with E-state index < -0.39 is 0 Å². The van der Waals surface area contributed by atoms with Crippen LogP contribution in [0.2, 0.25) is 0 Å². The van der Waals surface area contributed by atoms with Crippen molar-refractivity contribution in [1.29, 1.82) is 0 Å². The minimum Gasteiger partial charge on any atom is -0.485 e. The summed E-state index contributed by atoms with van der Waals surface area (Å²) in [7, 11) is 0. The van der Waals surface area contributed by atoms with Crippen molar-refractivity contribution in [3.63, 3.8) is 0 Å². The summed E-state index contributed by atoms with van der Waals surface area (Å²) in [5.74, 6) is 0.714. The molecule has 5 nitrogen and oxygen atoms in total. The van der Waals surface area contributed by atoms with E-state index in [0.717, 1.165) is 16.7 Å². The van der Waals surface area contributed by atoms with Crippen molar-refractivity contribution in [2.24, 2.45) is 0 Å². The van der Waals surface area contributed by atoms with Gasteiger partial charge in [-0.15, -0.1) is 0 Å². The maximum atomic E-state index is 12.5. The summed E-state index contributed by atoms with van der Waals surface area (Å²) >= 11 is 0. The van der Waals surface area contributed by atoms with E-state index in [2.05, 4.69) is 0 Å². The van der Waals surface area contributed by atoms with Crippen molar-refractivity contribution in [2.45, 2.75) is 26.2 Å². The van der Waals surface area contributed by atoms with Crippen LogP contribution in [0.15, 0.2) is 72.8 Å². The zero-order chi connectivity index (χ0) is 20.8. The number of carbonyl (C=O) groups excluding carboxylic acids is 1. The smallest absolute Gasteiger partial charge is 0.338 e. The van der Waals surface area contributed by atoms with Crippen LogP contribution in [-0.2, 0) is 22.7 Å². The third-order valence-corrected chi connectivity index (χ3v) is 4.79. The van der Waals surface area contributed by atoms with Crippen LogP contribution in [0.5, 0.6) is 11.5 Å². The van der Waals surface area contributed by atoms with Crippen LogP contribution in [-0.4, -0.2) is 25.3 Å². The summed E-state index contributed by atoms with van der Waals surface area (Å²) < 4.78 is 22.5. The second kappa shape index (κ2) is 9.46. The Bertz CT molecular complexity index is 981. The molecule has 1 atom stereocenters. The molecule has 0 N–H and O–H groups in total. The lowest BCUT2D eigenvalue weighted by Gasteiger charge is -2.16. The molecule has 3 aromatic rings. The molecule has 1 aliphatic rings. The van der Waals surface area contributed by atoms with E-state index in [1.807, 2.05) is 73.7 Å². The van der Waals surface area contributed by atoms with Crippen molar-refractivity contribution >= 4 is 5.97 Å². The molecule has 0 bridgehead atoms. The van der Waals surface area contributed by atoms with Crippen molar-refractivity contribution in [3.8, 4) is 11.5 Å². The van der Waals surface area contributed by atoms with Gasteiger partial charge in [-0.05, 0) is 35.7 Å². The van der Waals surface area contributed by atoms with E-state index in [9.17, 15) is 4.79 Å². The molecule has 0 aliphatic carbocycles. The average Bonchev–Trinajstić information content (AvgIpc) is 3.61. The molecule has 4 rings (SSSR count). The first-order valence-electron chi connectivity index (χ1n) is 9.96. The molecular weight excluding hydrogens is 380 g/mol. The van der Waals surface area contributed by atoms with Gasteiger partial charge >= 0.3 is 5.97 Å². The SMILES string of the molecule is Cc1cc(OCc2ccccc2)c(OCc2ccccc2)cc1C(=O)OC[C@@H]1CO1. The number of aryl methyl sites for hydroxylation is 1. The molecule has 0 radical (unpaired) electrons. The summed E-state index contributed by atoms with van der Waals surface area (Å²) in [6.07, 6.45) is 0.0246. The third kappa shape index (κ3) is 5.39. The number of ether oxygens (including phenoxy) is 4. The Labute approximate surface area is 176 Å². The van der Waals surface area contributed by atoms with Crippen LogP contribution in [0.4, 0.5) is 0 Å². The molecule has 0 aromatic heterocycles. The van der Waals surface area contributed by atoms with Gasteiger partial charge in [-0.3, -0.25) is 0 Å². The highest BCUT2D eigenvalue weighted by Gasteiger charge is 2.25. The lowest BCUT2D eigenvalue weighted by atomic mass is 10.1. The highest BCUT2D eigenvalue weighted by molar-refractivity contribution is 5.92. The Balaban J connectivity index is 1.54. The average molecular weight is 404 g/mol. The van der Waals surface area contributed by atoms with Crippen LogP contribution < -0.4 is 9.47 Å². The van der Waals surface area contributed by atoms with Gasteiger partial charge in [-0.2, -0.15) is 0 Å². The van der Waals surface area contributed by atoms with Gasteiger partial charge in [-0.25, -0.2) is 4.79 Å². The second-order valence-electron chi connectivity index (χ2n) is 7.22. The third-order valence-electron chi connectivity index (χ3n) is 4.79. The van der Waals surface area contributed by atoms with Crippen LogP contribution in [0.25, 0.3) is 0 Å². The predicted octanol–water partition coefficient (Wildman–Crippen LogP) is 4.71. The lowest BCUT2D eigenvalue weighted by Crippen LogP contribution is -2.12. The zero-order valence-electron chi connectivity index (χ0n) is 16.9. The van der Waals surface area contributed by atoms with Crippen molar-refractivity contribution in [3.05, 3.63) is 95.1 Å². The highest BCUT2D eigenvalue weighted by Crippen LogP contribution is 2.33. The Morgan fingerprint density at radius 3 is 1.97 bits per heavy atom. The highest BCUT2D eigenvalue weighted by atomic mass is 16.6. The molecule has 0 amide bonds. The Morgan fingerprint density at radius 1 is 0.900 bits per heavy atom. The van der Waals surface area contributed by atoms with Gasteiger partial charge in [0.05, 0.1) is 12.2 Å². The summed E-state index contributed by atoms with van der Waals surface area (Å²) in [5, 5.41) is 0. The maximum Gasteiger partial charge on any atom is 0.338 e. The number of epoxide rings is 1. The van der Waals surface area contributed by atoms with Crippen molar-refractivity contribution in [2.75, 3.05) is 13.2 Å². The first-order valence-corrected chi connectivity index (χ1v) is 9.96. The molecule has 5 heteroatoms. The predicted molar refractivity (Wildman–Crippen MR) is 113 cm³/mol. The standard InChI is InChI=1S/C25H24O5/c1-18-12-23(28-14-19-8-4-2-5-9-19)24(29-15-20-10-6-3-7-11-20)13-22(18)25(26)30-17-21-16-27-21/h2-13,21H,14-17H2,1H3/t21-/m0/s1. The number of rotatable bonds is 9. The Morgan fingerprint density at radius 2 is 1.43 bits per heavy atom. The van der Waals surface area contributed by atoms with Crippen molar-refractivity contribution < 1.29 is 23.7 Å². The van der Waals surface area contributed by atoms with E-state index in [4.69, 9.17) is 18.9 Å². The summed E-state index contributed by atoms with van der Waals surface area (Å²) in [5.41, 5.74) is 3.32. The molecule has 0 spiro atoms. The van der Waals surface area contributed by atoms with E-state index in [1.165, 1.54) is 0 Å². The molecule has 3 aromatic carbocycles. The van der Waals surface area contributed by atoms with E-state index in [-0.39, 0.29) is 18.7 Å². The fourth-order valence-electron chi connectivity index (χ4n) is 2.99. The van der Waals surface area contributed by atoms with Gasteiger partial charge in [0.15, 0.2) is 11.5 Å². The fraction of sp³-hybridized carbons (Fsp3) is 0.240. The Hall–Kier alpha value is -3.31. The molecule has 0 unspecified atom stereocenters. The Kier molecular flexibility index (Phi) is 6.30. The molecule has 1 fully saturated rings. The number of esters is 1. The number of benzene rings is 3. The van der Waals surface area contributed by atoms with Gasteiger partial charge < -0.3 is 18.9 Å². The second-order valence-corrected chi connectivity index (χ2v) is 7.22. The molecule has 154 valence electrons. The van der Waals surface area contributed by atoms with Gasteiger partial charge in [0.25, 0.3) is 0 Å². The molecule has 30 heavy (non-hydrogen) atoms. The zero-order valence-corrected chi connectivity index (χ0v) is 16.9. The van der Waals surface area contributed by atoms with E-state index >= 15 is 0 Å². The largest absolute Gasteiger partial charge is 0.485 e. The summed E-state index contributed by atoms with van der Waals surface area (Å²) in [6, 6.07) is 23.3. The van der Waals surface area contributed by atoms with Crippen LogP contribution in [0.1, 0.15) is 27.0 Å². The summed E-state index contributed by atoms with van der Waals surface area (Å²) in [4.78, 5) is 12.5. The minimum atomic E-state index is -0.387. The van der Waals surface area contributed by atoms with E-state index in [0.29, 0.717) is 36.9 Å². The van der Waals surface area contributed by atoms with Crippen molar-refractivity contribution in [1.82, 2.24) is 0 Å². The van der Waals surface area contributed by atoms with Crippen LogP contribution in [0, 0.1) is 6.92 Å². The fourth-order valence-corrected chi connectivity index (χ4v) is 2.99. The van der Waals surface area contributed by atoms with Gasteiger partial charge in [0, 0.05) is 0 Å². The van der Waals surface area contributed by atoms with Gasteiger partial charge in [0.2, 0.25) is 0 Å². The monoisotopic (exact) mass is 404 g/mol. The lowest BCUT2D eigenvalue weighted by molar-refractivity contribution is 0.0475. The quantitative estimate of drug-likeness (QED) is 0.382. The normalized spacial score (nSPS) is 14.8. The van der Waals surface area contributed by atoms with Gasteiger partial charge in [0.1, 0.15) is 25.9 Å².